The molecule has 0 spiro atoms. The lowest BCUT2D eigenvalue weighted by molar-refractivity contribution is -0.0499. The minimum atomic E-state index is -3.69. The Hall–Kier alpha value is -2.25. The van der Waals surface area contributed by atoms with Crippen molar-refractivity contribution in [3.8, 4) is 5.75 Å². The Morgan fingerprint density at radius 1 is 1.12 bits per heavy atom. The summed E-state index contributed by atoms with van der Waals surface area (Å²) in [5.74, 6) is -0.0197. The zero-order chi connectivity index (χ0) is 18.4. The van der Waals surface area contributed by atoms with Gasteiger partial charge in [-0.05, 0) is 43.2 Å². The SMILES string of the molecule is Cc1ccc(/C=C/S(=O)(=O)NC(C)c2cccc(OC(F)F)c2)cc1. The second kappa shape index (κ2) is 8.22. The average molecular weight is 367 g/mol. The molecular weight excluding hydrogens is 348 g/mol. The molecule has 0 aliphatic heterocycles. The summed E-state index contributed by atoms with van der Waals surface area (Å²) in [4.78, 5) is 0. The van der Waals surface area contributed by atoms with Crippen molar-refractivity contribution in [1.82, 2.24) is 4.72 Å². The van der Waals surface area contributed by atoms with Gasteiger partial charge in [-0.15, -0.1) is 0 Å². The summed E-state index contributed by atoms with van der Waals surface area (Å²) in [6, 6.07) is 12.7. The highest BCUT2D eigenvalue weighted by atomic mass is 32.2. The van der Waals surface area contributed by atoms with Gasteiger partial charge in [0, 0.05) is 11.4 Å². The zero-order valence-corrected chi connectivity index (χ0v) is 14.6. The molecule has 2 rings (SSSR count). The maximum Gasteiger partial charge on any atom is 0.387 e. The molecule has 0 saturated heterocycles. The molecule has 0 amide bonds. The first-order chi connectivity index (χ1) is 11.7. The van der Waals surface area contributed by atoms with Crippen LogP contribution in [0.25, 0.3) is 6.08 Å². The Bertz CT molecular complexity index is 834. The van der Waals surface area contributed by atoms with E-state index in [1.165, 1.54) is 24.3 Å². The molecule has 134 valence electrons. The van der Waals surface area contributed by atoms with Crippen molar-refractivity contribution >= 4 is 16.1 Å². The van der Waals surface area contributed by atoms with Gasteiger partial charge in [-0.2, -0.15) is 8.78 Å². The fourth-order valence-electron chi connectivity index (χ4n) is 2.16. The Kier molecular flexibility index (Phi) is 6.27. The third-order valence-corrected chi connectivity index (χ3v) is 4.62. The molecule has 1 N–H and O–H groups in total. The van der Waals surface area contributed by atoms with Gasteiger partial charge in [-0.3, -0.25) is 0 Å². The highest BCUT2D eigenvalue weighted by Crippen LogP contribution is 2.21. The van der Waals surface area contributed by atoms with Gasteiger partial charge in [-0.1, -0.05) is 42.0 Å². The van der Waals surface area contributed by atoms with Crippen LogP contribution < -0.4 is 9.46 Å². The van der Waals surface area contributed by atoms with Gasteiger partial charge in [-0.25, -0.2) is 13.1 Å². The molecule has 25 heavy (non-hydrogen) atoms. The second-order valence-corrected chi connectivity index (χ2v) is 7.15. The number of alkyl halides is 2. The second-order valence-electron chi connectivity index (χ2n) is 5.55. The summed E-state index contributed by atoms with van der Waals surface area (Å²) in [7, 11) is -3.69. The Labute approximate surface area is 146 Å². The first-order valence-corrected chi connectivity index (χ1v) is 9.12. The van der Waals surface area contributed by atoms with Crippen LogP contribution in [0.15, 0.2) is 53.9 Å². The Morgan fingerprint density at radius 2 is 1.80 bits per heavy atom. The quantitative estimate of drug-likeness (QED) is 0.796. The number of aryl methyl sites for hydroxylation is 1. The Balaban J connectivity index is 2.07. The normalized spacial score (nSPS) is 13.3. The minimum absolute atomic E-state index is 0.0197. The first-order valence-electron chi connectivity index (χ1n) is 7.57. The van der Waals surface area contributed by atoms with Gasteiger partial charge in [0.2, 0.25) is 10.0 Å². The summed E-state index contributed by atoms with van der Waals surface area (Å²) >= 11 is 0. The lowest BCUT2D eigenvalue weighted by Gasteiger charge is -2.14. The summed E-state index contributed by atoms with van der Waals surface area (Å²) in [6.07, 6.45) is 1.49. The van der Waals surface area contributed by atoms with Gasteiger partial charge in [0.15, 0.2) is 0 Å². The number of hydrogen-bond acceptors (Lipinski definition) is 3. The van der Waals surface area contributed by atoms with Crippen LogP contribution in [0.3, 0.4) is 0 Å². The number of ether oxygens (including phenoxy) is 1. The molecule has 2 aromatic rings. The summed E-state index contributed by atoms with van der Waals surface area (Å²) in [6.45, 7) is 0.637. The molecule has 0 bridgehead atoms. The number of benzene rings is 2. The maximum atomic E-state index is 12.3. The van der Waals surface area contributed by atoms with E-state index in [-0.39, 0.29) is 5.75 Å². The van der Waals surface area contributed by atoms with Crippen LogP contribution in [-0.2, 0) is 10.0 Å². The number of rotatable bonds is 7. The fraction of sp³-hybridized carbons (Fsp3) is 0.222. The summed E-state index contributed by atoms with van der Waals surface area (Å²) < 4.78 is 55.7. The number of halogens is 2. The van der Waals surface area contributed by atoms with Crippen molar-refractivity contribution < 1.29 is 21.9 Å². The molecule has 0 heterocycles. The molecule has 1 unspecified atom stereocenters. The van der Waals surface area contributed by atoms with Crippen molar-refractivity contribution in [3.05, 3.63) is 70.6 Å². The van der Waals surface area contributed by atoms with Crippen LogP contribution in [0, 0.1) is 6.92 Å². The smallest absolute Gasteiger partial charge is 0.387 e. The monoisotopic (exact) mass is 367 g/mol. The van der Waals surface area contributed by atoms with Crippen molar-refractivity contribution in [2.24, 2.45) is 0 Å². The largest absolute Gasteiger partial charge is 0.435 e. The summed E-state index contributed by atoms with van der Waals surface area (Å²) in [5, 5.41) is 1.08. The molecule has 0 saturated carbocycles. The number of nitrogens with one attached hydrogen (secondary N) is 1. The van der Waals surface area contributed by atoms with E-state index < -0.39 is 22.7 Å². The molecule has 7 heteroatoms. The number of sulfonamides is 1. The molecule has 0 radical (unpaired) electrons. The van der Waals surface area contributed by atoms with E-state index in [4.69, 9.17) is 0 Å². The van der Waals surface area contributed by atoms with Crippen molar-refractivity contribution in [2.75, 3.05) is 0 Å². The van der Waals surface area contributed by atoms with Crippen molar-refractivity contribution in [1.29, 1.82) is 0 Å². The van der Waals surface area contributed by atoms with Gasteiger partial charge >= 0.3 is 6.61 Å². The third kappa shape index (κ3) is 6.28. The van der Waals surface area contributed by atoms with E-state index in [2.05, 4.69) is 9.46 Å². The number of hydrogen-bond donors (Lipinski definition) is 1. The highest BCUT2D eigenvalue weighted by Gasteiger charge is 2.14. The summed E-state index contributed by atoms with van der Waals surface area (Å²) in [5.41, 5.74) is 2.36. The van der Waals surface area contributed by atoms with Crippen LogP contribution in [0.1, 0.15) is 29.7 Å². The lowest BCUT2D eigenvalue weighted by Crippen LogP contribution is -2.24. The first kappa shape index (κ1) is 19.1. The van der Waals surface area contributed by atoms with Crippen LogP contribution in [0.5, 0.6) is 5.75 Å². The molecule has 4 nitrogen and oxygen atoms in total. The van der Waals surface area contributed by atoms with E-state index in [1.807, 2.05) is 31.2 Å². The molecule has 0 aliphatic rings. The van der Waals surface area contributed by atoms with Crippen LogP contribution >= 0.6 is 0 Å². The minimum Gasteiger partial charge on any atom is -0.435 e. The standard InChI is InChI=1S/C18H19F2NO3S/c1-13-6-8-15(9-7-13)10-11-25(22,23)21-14(2)16-4-3-5-17(12-16)24-18(19)20/h3-12,14,18,21H,1-2H3/b11-10+. The van der Waals surface area contributed by atoms with Gasteiger partial charge in [0.1, 0.15) is 5.75 Å². The molecule has 0 aliphatic carbocycles. The predicted molar refractivity (Wildman–Crippen MR) is 93.8 cm³/mol. The maximum absolute atomic E-state index is 12.3. The van der Waals surface area contributed by atoms with Gasteiger partial charge in [0.05, 0.1) is 0 Å². The van der Waals surface area contributed by atoms with E-state index in [1.54, 1.807) is 13.0 Å². The zero-order valence-electron chi connectivity index (χ0n) is 13.8. The van der Waals surface area contributed by atoms with E-state index >= 15 is 0 Å². The van der Waals surface area contributed by atoms with Crippen LogP contribution in [0.2, 0.25) is 0 Å². The average Bonchev–Trinajstić information content (AvgIpc) is 2.53. The van der Waals surface area contributed by atoms with Gasteiger partial charge in [0.25, 0.3) is 0 Å². The lowest BCUT2D eigenvalue weighted by atomic mass is 10.1. The topological polar surface area (TPSA) is 55.4 Å². The van der Waals surface area contributed by atoms with Crippen LogP contribution in [-0.4, -0.2) is 15.0 Å². The van der Waals surface area contributed by atoms with E-state index in [0.29, 0.717) is 5.56 Å². The predicted octanol–water partition coefficient (Wildman–Crippen LogP) is 4.25. The van der Waals surface area contributed by atoms with Gasteiger partial charge < -0.3 is 4.74 Å². The van der Waals surface area contributed by atoms with E-state index in [9.17, 15) is 17.2 Å². The molecule has 0 aromatic heterocycles. The van der Waals surface area contributed by atoms with E-state index in [0.717, 1.165) is 16.5 Å². The van der Waals surface area contributed by atoms with Crippen LogP contribution in [0.4, 0.5) is 8.78 Å². The Morgan fingerprint density at radius 3 is 2.44 bits per heavy atom. The molecule has 1 atom stereocenters. The molecular formula is C18H19F2NO3S. The third-order valence-electron chi connectivity index (χ3n) is 3.44. The molecule has 0 fully saturated rings. The fourth-order valence-corrected chi connectivity index (χ4v) is 3.20. The highest BCUT2D eigenvalue weighted by molar-refractivity contribution is 7.92. The van der Waals surface area contributed by atoms with Crippen molar-refractivity contribution in [2.45, 2.75) is 26.5 Å². The van der Waals surface area contributed by atoms with Crippen molar-refractivity contribution in [3.63, 3.8) is 0 Å². The molecule has 2 aromatic carbocycles.